The van der Waals surface area contributed by atoms with E-state index in [1.807, 2.05) is 37.4 Å². The first-order valence-corrected chi connectivity index (χ1v) is 7.34. The maximum absolute atomic E-state index is 12.3. The predicted molar refractivity (Wildman–Crippen MR) is 84.7 cm³/mol. The highest BCUT2D eigenvalue weighted by Crippen LogP contribution is 2.08. The number of hydrogen-bond acceptors (Lipinski definition) is 3. The zero-order chi connectivity index (χ0) is 16.3. The molecule has 0 aliphatic carbocycles. The Hall–Kier alpha value is -2.16. The third kappa shape index (κ3) is 3.53. The van der Waals surface area contributed by atoms with E-state index < -0.39 is 0 Å². The van der Waals surface area contributed by atoms with Gasteiger partial charge in [-0.3, -0.25) is 4.79 Å². The molecule has 1 N–H and O–H groups in total. The van der Waals surface area contributed by atoms with Crippen LogP contribution in [0.25, 0.3) is 0 Å². The van der Waals surface area contributed by atoms with Crippen molar-refractivity contribution >= 4 is 11.6 Å². The predicted octanol–water partition coefficient (Wildman–Crippen LogP) is 1.06. The first-order valence-electron chi connectivity index (χ1n) is 6.96. The second kappa shape index (κ2) is 6.73. The van der Waals surface area contributed by atoms with Gasteiger partial charge in [-0.05, 0) is 31.5 Å². The van der Waals surface area contributed by atoms with Crippen molar-refractivity contribution in [2.75, 3.05) is 7.05 Å². The zero-order valence-electron chi connectivity index (χ0n) is 12.9. The quantitative estimate of drug-likeness (QED) is 0.917. The minimum Gasteiger partial charge on any atom is -0.315 e. The summed E-state index contributed by atoms with van der Waals surface area (Å²) in [5.41, 5.74) is 2.32. The third-order valence-corrected chi connectivity index (χ3v) is 3.84. The van der Waals surface area contributed by atoms with Crippen molar-refractivity contribution in [3.05, 3.63) is 62.0 Å². The van der Waals surface area contributed by atoms with Crippen LogP contribution < -0.4 is 10.5 Å². The molecular weight excluding hydrogens is 300 g/mol. The van der Waals surface area contributed by atoms with E-state index in [1.54, 1.807) is 13.8 Å². The van der Waals surface area contributed by atoms with Crippen LogP contribution in [0.4, 0.5) is 0 Å². The van der Waals surface area contributed by atoms with Gasteiger partial charge in [-0.25, -0.2) is 0 Å². The molecule has 2 aromatic rings. The first-order chi connectivity index (χ1) is 10.4. The number of hydrogen-bond donors (Lipinski definition) is 1. The van der Waals surface area contributed by atoms with Crippen molar-refractivity contribution in [2.24, 2.45) is 0 Å². The number of benzene rings is 1. The molecule has 114 valence electrons. The molecule has 0 spiro atoms. The van der Waals surface area contributed by atoms with Crippen LogP contribution in [0.1, 0.15) is 22.4 Å². The van der Waals surface area contributed by atoms with Gasteiger partial charge in [0.25, 0.3) is 5.56 Å². The van der Waals surface area contributed by atoms with E-state index in [0.717, 1.165) is 17.0 Å². The fourth-order valence-electron chi connectivity index (χ4n) is 2.27. The Kier molecular flexibility index (Phi) is 4.96. The molecule has 2 rings (SSSR count). The summed E-state index contributed by atoms with van der Waals surface area (Å²) in [7, 11) is 1.98. The molecule has 5 nitrogen and oxygen atoms in total. The van der Waals surface area contributed by atoms with Crippen molar-refractivity contribution in [3.63, 3.8) is 0 Å². The molecule has 0 fully saturated rings. The lowest BCUT2D eigenvalue weighted by Crippen LogP contribution is -3.07. The van der Waals surface area contributed by atoms with E-state index in [9.17, 15) is 4.79 Å². The van der Waals surface area contributed by atoms with Gasteiger partial charge in [-0.15, -0.1) is 0 Å². The van der Waals surface area contributed by atoms with Crippen molar-refractivity contribution in [1.82, 2.24) is 9.78 Å². The number of aryl methyl sites for hydroxylation is 1. The highest BCUT2D eigenvalue weighted by molar-refractivity contribution is 6.30. The molecule has 6 heteroatoms. The third-order valence-electron chi connectivity index (χ3n) is 3.59. The van der Waals surface area contributed by atoms with Crippen molar-refractivity contribution in [2.45, 2.75) is 27.1 Å². The fraction of sp³-hybridized carbons (Fsp3) is 0.312. The normalized spacial score (nSPS) is 12.0. The van der Waals surface area contributed by atoms with Gasteiger partial charge in [0.15, 0.2) is 6.67 Å². The number of nitriles is 1. The van der Waals surface area contributed by atoms with Gasteiger partial charge in [0, 0.05) is 10.6 Å². The molecule has 0 saturated heterocycles. The smallest absolute Gasteiger partial charge is 0.289 e. The van der Waals surface area contributed by atoms with E-state index in [-0.39, 0.29) is 11.1 Å². The van der Waals surface area contributed by atoms with Gasteiger partial charge < -0.3 is 4.90 Å². The highest BCUT2D eigenvalue weighted by atomic mass is 35.5. The average Bonchev–Trinajstić information content (AvgIpc) is 2.48. The number of nitrogens with one attached hydrogen (secondary N) is 1. The maximum Gasteiger partial charge on any atom is 0.289 e. The Morgan fingerprint density at radius 3 is 2.55 bits per heavy atom. The summed E-state index contributed by atoms with van der Waals surface area (Å²) in [5.74, 6) is 0. The second-order valence-corrected chi connectivity index (χ2v) is 5.86. The van der Waals surface area contributed by atoms with E-state index in [1.165, 1.54) is 4.68 Å². The van der Waals surface area contributed by atoms with Gasteiger partial charge in [-0.1, -0.05) is 23.7 Å². The summed E-state index contributed by atoms with van der Waals surface area (Å²) in [6, 6.07) is 9.59. The number of halogens is 1. The molecule has 0 radical (unpaired) electrons. The summed E-state index contributed by atoms with van der Waals surface area (Å²) in [6.45, 7) is 4.69. The van der Waals surface area contributed by atoms with Crippen LogP contribution in [0.3, 0.4) is 0 Å². The van der Waals surface area contributed by atoms with E-state index in [4.69, 9.17) is 16.9 Å². The van der Waals surface area contributed by atoms with E-state index >= 15 is 0 Å². The fourth-order valence-corrected chi connectivity index (χ4v) is 2.40. The topological polar surface area (TPSA) is 63.1 Å². The summed E-state index contributed by atoms with van der Waals surface area (Å²) >= 11 is 5.87. The van der Waals surface area contributed by atoms with Crippen LogP contribution in [0.15, 0.2) is 29.1 Å². The molecule has 1 heterocycles. The molecule has 0 bridgehead atoms. The lowest BCUT2D eigenvalue weighted by molar-refractivity contribution is -0.917. The molecule has 1 atom stereocenters. The monoisotopic (exact) mass is 317 g/mol. The van der Waals surface area contributed by atoms with Gasteiger partial charge >= 0.3 is 0 Å². The van der Waals surface area contributed by atoms with Crippen LogP contribution in [-0.4, -0.2) is 16.8 Å². The molecule has 0 amide bonds. The zero-order valence-corrected chi connectivity index (χ0v) is 13.6. The van der Waals surface area contributed by atoms with Crippen LogP contribution in [0.5, 0.6) is 0 Å². The van der Waals surface area contributed by atoms with Crippen LogP contribution in [0, 0.1) is 25.2 Å². The highest BCUT2D eigenvalue weighted by Gasteiger charge is 2.14. The molecule has 0 saturated carbocycles. The van der Waals surface area contributed by atoms with E-state index in [2.05, 4.69) is 5.10 Å². The number of nitrogens with zero attached hydrogens (tertiary/aromatic N) is 3. The van der Waals surface area contributed by atoms with Gasteiger partial charge in [-0.2, -0.15) is 15.0 Å². The van der Waals surface area contributed by atoms with Gasteiger partial charge in [0.2, 0.25) is 0 Å². The summed E-state index contributed by atoms with van der Waals surface area (Å²) in [6.07, 6.45) is 0. The lowest BCUT2D eigenvalue weighted by atomic mass is 10.1. The minimum absolute atomic E-state index is 0.173. The Balaban J connectivity index is 2.20. The maximum atomic E-state index is 12.3. The molecule has 0 aliphatic rings. The first kappa shape index (κ1) is 16.2. The average molecular weight is 318 g/mol. The van der Waals surface area contributed by atoms with Crippen LogP contribution in [-0.2, 0) is 13.2 Å². The number of quaternary nitrogens is 1. The van der Waals surface area contributed by atoms with Gasteiger partial charge in [0.05, 0.1) is 12.7 Å². The molecule has 22 heavy (non-hydrogen) atoms. The summed E-state index contributed by atoms with van der Waals surface area (Å²) in [5, 5.41) is 14.1. The number of aromatic nitrogens is 2. The lowest BCUT2D eigenvalue weighted by Gasteiger charge is -2.16. The summed E-state index contributed by atoms with van der Waals surface area (Å²) in [4.78, 5) is 13.3. The van der Waals surface area contributed by atoms with Gasteiger partial charge in [0.1, 0.15) is 18.2 Å². The Morgan fingerprint density at radius 1 is 1.32 bits per heavy atom. The Morgan fingerprint density at radius 2 is 1.95 bits per heavy atom. The standard InChI is InChI=1S/C16H17ClN4O/c1-11-12(2)19-21(16(22)15(11)8-18)10-20(3)9-13-4-6-14(17)7-5-13/h4-7H,9-10H2,1-3H3/p+1. The molecule has 0 aliphatic heterocycles. The summed E-state index contributed by atoms with van der Waals surface area (Å²) < 4.78 is 1.37. The largest absolute Gasteiger partial charge is 0.315 e. The molecule has 1 aromatic carbocycles. The van der Waals surface area contributed by atoms with Crippen molar-refractivity contribution in [1.29, 1.82) is 5.26 Å². The Bertz CT molecular complexity index is 774. The number of rotatable bonds is 4. The Labute approximate surface area is 134 Å². The van der Waals surface area contributed by atoms with Crippen molar-refractivity contribution in [3.8, 4) is 6.07 Å². The van der Waals surface area contributed by atoms with Crippen molar-refractivity contribution < 1.29 is 4.90 Å². The molecule has 1 aromatic heterocycles. The van der Waals surface area contributed by atoms with Crippen LogP contribution in [0.2, 0.25) is 5.02 Å². The van der Waals surface area contributed by atoms with Crippen LogP contribution >= 0.6 is 11.6 Å². The molecule has 1 unspecified atom stereocenters. The second-order valence-electron chi connectivity index (χ2n) is 5.42. The molecular formula is C16H18ClN4O+. The minimum atomic E-state index is -0.332. The van der Waals surface area contributed by atoms with E-state index in [0.29, 0.717) is 22.9 Å². The SMILES string of the molecule is Cc1nn(C[NH+](C)Cc2ccc(Cl)cc2)c(=O)c(C#N)c1C.